The molecule has 0 radical (unpaired) electrons. The summed E-state index contributed by atoms with van der Waals surface area (Å²) in [5.74, 6) is -0.112. The molecule has 194 valence electrons. The van der Waals surface area contributed by atoms with Crippen molar-refractivity contribution in [2.75, 3.05) is 52.5 Å². The van der Waals surface area contributed by atoms with Crippen LogP contribution in [0.15, 0.2) is 30.6 Å². The molecule has 1 saturated carbocycles. The van der Waals surface area contributed by atoms with Crippen molar-refractivity contribution in [2.24, 2.45) is 0 Å². The summed E-state index contributed by atoms with van der Waals surface area (Å²) in [6.45, 7) is 5.90. The first-order valence-corrected chi connectivity index (χ1v) is 13.1. The largest absolute Gasteiger partial charge is 0.379 e. The Morgan fingerprint density at radius 1 is 1.11 bits per heavy atom. The van der Waals surface area contributed by atoms with E-state index in [-0.39, 0.29) is 18.0 Å². The van der Waals surface area contributed by atoms with Gasteiger partial charge in [-0.15, -0.1) is 0 Å². The Labute approximate surface area is 209 Å². The number of hydroxylamine groups is 2. The third kappa shape index (κ3) is 10.8. The van der Waals surface area contributed by atoms with Gasteiger partial charge in [-0.25, -0.2) is 9.86 Å². The number of hydrogen-bond donors (Lipinski definition) is 2. The third-order valence-corrected chi connectivity index (χ3v) is 6.39. The van der Waals surface area contributed by atoms with Gasteiger partial charge in [0.25, 0.3) is 0 Å². The van der Waals surface area contributed by atoms with E-state index in [1.54, 1.807) is 23.5 Å². The maximum absolute atomic E-state index is 12.9. The lowest BCUT2D eigenvalue weighted by atomic mass is 9.95. The minimum Gasteiger partial charge on any atom is -0.379 e. The zero-order valence-electron chi connectivity index (χ0n) is 20.8. The normalized spacial score (nSPS) is 17.4. The SMILES string of the molecule is O=C(/C=C/c1cccnc1)NCCCCCNC(=O)N(OCCN1CCOCC1)C1CCCCC1. The Hall–Kier alpha value is -2.49. The van der Waals surface area contributed by atoms with Gasteiger partial charge in [0.2, 0.25) is 5.91 Å². The summed E-state index contributed by atoms with van der Waals surface area (Å²) in [5, 5.41) is 7.53. The minimum atomic E-state index is -0.132. The number of ether oxygens (including phenoxy) is 1. The average molecular weight is 488 g/mol. The van der Waals surface area contributed by atoms with E-state index < -0.39 is 0 Å². The molecule has 1 aromatic rings. The van der Waals surface area contributed by atoms with E-state index in [1.807, 2.05) is 12.1 Å². The molecule has 2 N–H and O–H groups in total. The van der Waals surface area contributed by atoms with E-state index in [0.717, 1.165) is 83.4 Å². The van der Waals surface area contributed by atoms with Crippen LogP contribution in [0, 0.1) is 0 Å². The summed E-state index contributed by atoms with van der Waals surface area (Å²) < 4.78 is 5.40. The van der Waals surface area contributed by atoms with Crippen LogP contribution >= 0.6 is 0 Å². The molecule has 0 spiro atoms. The summed E-state index contributed by atoms with van der Waals surface area (Å²) >= 11 is 0. The second-order valence-electron chi connectivity index (χ2n) is 9.11. The number of aromatic nitrogens is 1. The number of urea groups is 1. The molecule has 0 aromatic carbocycles. The number of pyridine rings is 1. The van der Waals surface area contributed by atoms with Crippen molar-refractivity contribution in [2.45, 2.75) is 57.4 Å². The average Bonchev–Trinajstić information content (AvgIpc) is 2.91. The van der Waals surface area contributed by atoms with Gasteiger partial charge in [-0.1, -0.05) is 25.3 Å². The molecule has 2 fully saturated rings. The molecule has 3 rings (SSSR count). The molecule has 2 heterocycles. The lowest BCUT2D eigenvalue weighted by molar-refractivity contribution is -0.155. The molecule has 35 heavy (non-hydrogen) atoms. The van der Waals surface area contributed by atoms with Gasteiger partial charge in [-0.05, 0) is 49.8 Å². The predicted octanol–water partition coefficient (Wildman–Crippen LogP) is 2.99. The number of unbranched alkanes of at least 4 members (excludes halogenated alkanes) is 2. The van der Waals surface area contributed by atoms with Crippen LogP contribution in [-0.4, -0.2) is 85.5 Å². The van der Waals surface area contributed by atoms with Gasteiger partial charge < -0.3 is 15.4 Å². The highest BCUT2D eigenvalue weighted by Gasteiger charge is 2.26. The van der Waals surface area contributed by atoms with Crippen molar-refractivity contribution in [3.8, 4) is 0 Å². The summed E-state index contributed by atoms with van der Waals surface area (Å²) in [4.78, 5) is 37.1. The van der Waals surface area contributed by atoms with Crippen molar-refractivity contribution >= 4 is 18.0 Å². The molecule has 9 heteroatoms. The molecule has 9 nitrogen and oxygen atoms in total. The third-order valence-electron chi connectivity index (χ3n) is 6.39. The highest BCUT2D eigenvalue weighted by molar-refractivity contribution is 5.91. The summed E-state index contributed by atoms with van der Waals surface area (Å²) in [6.07, 6.45) is 14.9. The topological polar surface area (TPSA) is 96.0 Å². The van der Waals surface area contributed by atoms with E-state index in [2.05, 4.69) is 20.5 Å². The van der Waals surface area contributed by atoms with Crippen molar-refractivity contribution in [3.63, 3.8) is 0 Å². The first kappa shape index (κ1) is 27.1. The summed E-state index contributed by atoms with van der Waals surface area (Å²) in [7, 11) is 0. The zero-order valence-corrected chi connectivity index (χ0v) is 20.8. The van der Waals surface area contributed by atoms with Crippen LogP contribution in [0.4, 0.5) is 4.79 Å². The number of rotatable bonds is 13. The number of morpholine rings is 1. The Bertz CT molecular complexity index is 764. The quantitative estimate of drug-likeness (QED) is 0.252. The van der Waals surface area contributed by atoms with Gasteiger partial charge in [0, 0.05) is 51.2 Å². The van der Waals surface area contributed by atoms with E-state index in [1.165, 1.54) is 12.5 Å². The second-order valence-corrected chi connectivity index (χ2v) is 9.11. The van der Waals surface area contributed by atoms with Crippen LogP contribution in [-0.2, 0) is 14.4 Å². The zero-order chi connectivity index (χ0) is 24.6. The van der Waals surface area contributed by atoms with E-state index >= 15 is 0 Å². The molecule has 2 aliphatic rings. The monoisotopic (exact) mass is 487 g/mol. The molecule has 3 amide bonds. The van der Waals surface area contributed by atoms with Crippen LogP contribution in [0.25, 0.3) is 6.08 Å². The van der Waals surface area contributed by atoms with Crippen molar-refractivity contribution < 1.29 is 19.2 Å². The second kappa shape index (κ2) is 16.2. The number of nitrogens with one attached hydrogen (secondary N) is 2. The van der Waals surface area contributed by atoms with Crippen LogP contribution in [0.5, 0.6) is 0 Å². The number of carbonyl (C=O) groups is 2. The smallest absolute Gasteiger partial charge is 0.341 e. The molecular formula is C26H41N5O4. The molecule has 0 bridgehead atoms. The van der Waals surface area contributed by atoms with Gasteiger partial charge in [0.15, 0.2) is 0 Å². The van der Waals surface area contributed by atoms with Gasteiger partial charge >= 0.3 is 6.03 Å². The summed E-state index contributed by atoms with van der Waals surface area (Å²) in [6, 6.07) is 3.76. The molecule has 1 saturated heterocycles. The fraction of sp³-hybridized carbons (Fsp3) is 0.654. The fourth-order valence-corrected chi connectivity index (χ4v) is 4.36. The minimum absolute atomic E-state index is 0.112. The van der Waals surface area contributed by atoms with Gasteiger partial charge in [-0.3, -0.25) is 19.5 Å². The lowest BCUT2D eigenvalue weighted by Crippen LogP contribution is -2.48. The molecule has 0 unspecified atom stereocenters. The summed E-state index contributed by atoms with van der Waals surface area (Å²) in [5.41, 5.74) is 0.894. The maximum Gasteiger partial charge on any atom is 0.341 e. The van der Waals surface area contributed by atoms with Crippen molar-refractivity contribution in [1.82, 2.24) is 25.6 Å². The highest BCUT2D eigenvalue weighted by Crippen LogP contribution is 2.23. The van der Waals surface area contributed by atoms with Crippen molar-refractivity contribution in [1.29, 1.82) is 0 Å². The van der Waals surface area contributed by atoms with Crippen LogP contribution in [0.2, 0.25) is 0 Å². The van der Waals surface area contributed by atoms with Crippen LogP contribution in [0.3, 0.4) is 0 Å². The van der Waals surface area contributed by atoms with E-state index in [9.17, 15) is 9.59 Å². The number of hydrogen-bond acceptors (Lipinski definition) is 6. The predicted molar refractivity (Wildman–Crippen MR) is 135 cm³/mol. The molecular weight excluding hydrogens is 446 g/mol. The van der Waals surface area contributed by atoms with Gasteiger partial charge in [-0.2, -0.15) is 0 Å². The van der Waals surface area contributed by atoms with Crippen molar-refractivity contribution in [3.05, 3.63) is 36.2 Å². The molecule has 1 aromatic heterocycles. The van der Waals surface area contributed by atoms with E-state index in [4.69, 9.17) is 9.57 Å². The Kier molecular flexibility index (Phi) is 12.6. The maximum atomic E-state index is 12.9. The number of nitrogens with zero attached hydrogens (tertiary/aromatic N) is 3. The molecule has 0 atom stereocenters. The number of amides is 3. The molecule has 1 aliphatic carbocycles. The Morgan fingerprint density at radius 2 is 1.89 bits per heavy atom. The van der Waals surface area contributed by atoms with Gasteiger partial charge in [0.05, 0.1) is 25.9 Å². The number of carbonyl (C=O) groups excluding carboxylic acids is 2. The first-order valence-electron chi connectivity index (χ1n) is 13.1. The Balaban J connectivity index is 1.28. The van der Waals surface area contributed by atoms with Crippen LogP contribution < -0.4 is 10.6 Å². The Morgan fingerprint density at radius 3 is 2.63 bits per heavy atom. The van der Waals surface area contributed by atoms with E-state index in [0.29, 0.717) is 19.7 Å². The van der Waals surface area contributed by atoms with Gasteiger partial charge in [0.1, 0.15) is 0 Å². The lowest BCUT2D eigenvalue weighted by Gasteiger charge is -2.34. The highest BCUT2D eigenvalue weighted by atomic mass is 16.7. The first-order chi connectivity index (χ1) is 17.2. The molecule has 1 aliphatic heterocycles. The standard InChI is InChI=1S/C26H41N5O4/c32-25(12-11-23-8-7-13-27-22-23)28-14-5-2-6-15-29-26(33)31(24-9-3-1-4-10-24)35-21-18-30-16-19-34-20-17-30/h7-8,11-13,22,24H,1-6,9-10,14-21H2,(H,28,32)(H,29,33)/b12-11+. The fourth-order valence-electron chi connectivity index (χ4n) is 4.36. The van der Waals surface area contributed by atoms with Crippen LogP contribution in [0.1, 0.15) is 56.9 Å².